The Hall–Kier alpha value is -4.87. The fourth-order valence-electron chi connectivity index (χ4n) is 5.25. The number of thiazole rings is 1. The van der Waals surface area contributed by atoms with Crippen LogP contribution in [0.5, 0.6) is 0 Å². The standard InChI is InChI=1S/C32H26N4O5S2/c1-17-3-8-23-19(11-17)5-6-20-12-18(2)4-9-24(20)28(23)25-15-36(32(40)35-30(25)42)14-22-7-10-26(41-22)29(39)34-31-33-21(16-43-31)13-27(37)38/h3-12,15-16,28H,13-14H2,1-2H3,(H,37,38)(H,33,34,39)(H,35,40,42). The number of aromatic amines is 1. The van der Waals surface area contributed by atoms with Crippen LogP contribution in [0.25, 0.3) is 12.2 Å². The van der Waals surface area contributed by atoms with Crippen LogP contribution in [0.1, 0.15) is 66.9 Å². The van der Waals surface area contributed by atoms with E-state index >= 15 is 0 Å². The molecule has 5 aromatic rings. The SMILES string of the molecule is Cc1ccc2c(c1)C=Cc1cc(C)ccc1C2c1cn(Cc2ccc(C(=O)Nc3nc(CC(=O)O)cs3)o2)c(=O)[nH]c1=S. The lowest BCUT2D eigenvalue weighted by atomic mass is 9.83. The normalized spacial score (nSPS) is 12.4. The summed E-state index contributed by atoms with van der Waals surface area (Å²) in [6.45, 7) is 4.18. The van der Waals surface area contributed by atoms with Crippen molar-refractivity contribution in [3.8, 4) is 0 Å². The van der Waals surface area contributed by atoms with Crippen LogP contribution in [-0.4, -0.2) is 31.5 Å². The first-order valence-corrected chi connectivity index (χ1v) is 14.7. The second kappa shape index (κ2) is 11.4. The van der Waals surface area contributed by atoms with Gasteiger partial charge >= 0.3 is 11.7 Å². The monoisotopic (exact) mass is 610 g/mol. The number of H-pyrrole nitrogens is 1. The van der Waals surface area contributed by atoms with Gasteiger partial charge in [0.15, 0.2) is 10.9 Å². The molecule has 1 aliphatic carbocycles. The Bertz CT molecular complexity index is 1990. The van der Waals surface area contributed by atoms with Gasteiger partial charge in [0.25, 0.3) is 5.91 Å². The fourth-order valence-corrected chi connectivity index (χ4v) is 6.21. The van der Waals surface area contributed by atoms with Crippen LogP contribution in [-0.2, 0) is 17.8 Å². The first kappa shape index (κ1) is 28.3. The predicted octanol–water partition coefficient (Wildman–Crippen LogP) is 6.16. The number of aliphatic carboxylic acids is 1. The molecule has 3 heterocycles. The molecular formula is C32H26N4O5S2. The largest absolute Gasteiger partial charge is 0.481 e. The number of hydrogen-bond acceptors (Lipinski definition) is 7. The van der Waals surface area contributed by atoms with Gasteiger partial charge in [-0.1, -0.05) is 71.9 Å². The van der Waals surface area contributed by atoms with Crippen LogP contribution < -0.4 is 11.0 Å². The van der Waals surface area contributed by atoms with Gasteiger partial charge in [0.05, 0.1) is 18.7 Å². The summed E-state index contributed by atoms with van der Waals surface area (Å²) < 4.78 is 7.63. The molecule has 11 heteroatoms. The molecule has 1 amide bonds. The molecule has 9 nitrogen and oxygen atoms in total. The second-order valence-electron chi connectivity index (χ2n) is 10.4. The number of nitrogens with zero attached hydrogens (tertiary/aromatic N) is 2. The summed E-state index contributed by atoms with van der Waals surface area (Å²) in [4.78, 5) is 43.7. The van der Waals surface area contributed by atoms with Gasteiger partial charge in [-0.05, 0) is 48.2 Å². The molecule has 0 radical (unpaired) electrons. The molecule has 0 atom stereocenters. The van der Waals surface area contributed by atoms with Crippen molar-refractivity contribution in [2.45, 2.75) is 32.7 Å². The Morgan fingerprint density at radius 3 is 2.37 bits per heavy atom. The number of nitrogens with one attached hydrogen (secondary N) is 2. The van der Waals surface area contributed by atoms with E-state index in [0.29, 0.717) is 16.1 Å². The van der Waals surface area contributed by atoms with E-state index in [1.165, 1.54) is 10.6 Å². The highest BCUT2D eigenvalue weighted by Gasteiger charge is 2.26. The molecule has 0 unspecified atom stereocenters. The lowest BCUT2D eigenvalue weighted by molar-refractivity contribution is -0.136. The molecule has 0 saturated heterocycles. The number of rotatable bonds is 7. The smallest absolute Gasteiger partial charge is 0.326 e. The Morgan fingerprint density at radius 2 is 1.72 bits per heavy atom. The number of benzene rings is 2. The molecular weight excluding hydrogens is 585 g/mol. The maximum Gasteiger partial charge on any atom is 0.326 e. The maximum atomic E-state index is 13.0. The van der Waals surface area contributed by atoms with Crippen LogP contribution in [0.15, 0.2) is 69.3 Å². The van der Waals surface area contributed by atoms with Gasteiger partial charge in [-0.25, -0.2) is 9.78 Å². The van der Waals surface area contributed by atoms with Crippen LogP contribution in [0.3, 0.4) is 0 Å². The highest BCUT2D eigenvalue weighted by atomic mass is 32.1. The molecule has 0 bridgehead atoms. The Kier molecular flexibility index (Phi) is 7.51. The van der Waals surface area contributed by atoms with Crippen LogP contribution >= 0.6 is 23.6 Å². The second-order valence-corrected chi connectivity index (χ2v) is 11.7. The lowest BCUT2D eigenvalue weighted by Crippen LogP contribution is -2.25. The molecule has 6 rings (SSSR count). The van der Waals surface area contributed by atoms with Crippen molar-refractivity contribution in [3.63, 3.8) is 0 Å². The van der Waals surface area contributed by atoms with Crippen molar-refractivity contribution in [1.82, 2.24) is 14.5 Å². The summed E-state index contributed by atoms with van der Waals surface area (Å²) >= 11 is 6.84. The van der Waals surface area contributed by atoms with Gasteiger partial charge in [0, 0.05) is 23.1 Å². The maximum absolute atomic E-state index is 13.0. The van der Waals surface area contributed by atoms with Crippen molar-refractivity contribution < 1.29 is 19.1 Å². The van der Waals surface area contributed by atoms with E-state index in [-0.39, 0.29) is 29.8 Å². The summed E-state index contributed by atoms with van der Waals surface area (Å²) in [5.74, 6) is -1.34. The molecule has 43 heavy (non-hydrogen) atoms. The molecule has 3 aromatic heterocycles. The number of furan rings is 1. The lowest BCUT2D eigenvalue weighted by Gasteiger charge is -2.22. The average Bonchev–Trinajstić information content (AvgIpc) is 3.57. The average molecular weight is 611 g/mol. The summed E-state index contributed by atoms with van der Waals surface area (Å²) in [6, 6.07) is 15.8. The van der Waals surface area contributed by atoms with Gasteiger partial charge in [-0.3, -0.25) is 24.5 Å². The van der Waals surface area contributed by atoms with E-state index < -0.39 is 17.6 Å². The number of fused-ring (bicyclic) bond motifs is 2. The third kappa shape index (κ3) is 5.90. The van der Waals surface area contributed by atoms with Crippen molar-refractivity contribution >= 4 is 52.7 Å². The summed E-state index contributed by atoms with van der Waals surface area (Å²) in [5, 5.41) is 13.4. The van der Waals surface area contributed by atoms with E-state index in [0.717, 1.165) is 50.3 Å². The molecule has 0 saturated carbocycles. The number of carboxylic acid groups (broad SMARTS) is 1. The van der Waals surface area contributed by atoms with Crippen LogP contribution in [0.2, 0.25) is 0 Å². The number of aromatic nitrogens is 3. The Morgan fingerprint density at radius 1 is 1.05 bits per heavy atom. The number of carbonyl (C=O) groups excluding carboxylic acids is 1. The predicted molar refractivity (Wildman–Crippen MR) is 167 cm³/mol. The molecule has 0 aliphatic heterocycles. The minimum Gasteiger partial charge on any atom is -0.481 e. The van der Waals surface area contributed by atoms with Crippen LogP contribution in [0.4, 0.5) is 5.13 Å². The Labute approximate surface area is 255 Å². The van der Waals surface area contributed by atoms with Crippen molar-refractivity contribution in [2.75, 3.05) is 5.32 Å². The quantitative estimate of drug-likeness (QED) is 0.185. The zero-order valence-corrected chi connectivity index (χ0v) is 24.8. The van der Waals surface area contributed by atoms with E-state index in [1.807, 2.05) is 0 Å². The molecule has 1 aliphatic rings. The van der Waals surface area contributed by atoms with Crippen molar-refractivity contribution in [1.29, 1.82) is 0 Å². The number of carbonyl (C=O) groups is 2. The zero-order valence-electron chi connectivity index (χ0n) is 23.2. The minimum atomic E-state index is -1.01. The number of carboxylic acids is 1. The summed E-state index contributed by atoms with van der Waals surface area (Å²) in [6.07, 6.45) is 5.78. The number of amides is 1. The van der Waals surface area contributed by atoms with Crippen molar-refractivity contribution in [3.05, 3.63) is 131 Å². The van der Waals surface area contributed by atoms with E-state index in [1.54, 1.807) is 17.6 Å². The first-order chi connectivity index (χ1) is 20.6. The highest BCUT2D eigenvalue weighted by Crippen LogP contribution is 2.40. The molecule has 2 aromatic carbocycles. The van der Waals surface area contributed by atoms with Gasteiger partial charge < -0.3 is 9.52 Å². The molecule has 0 spiro atoms. The minimum absolute atomic E-state index is 0.0329. The van der Waals surface area contributed by atoms with Gasteiger partial charge in [-0.2, -0.15) is 0 Å². The van der Waals surface area contributed by atoms with Crippen LogP contribution in [0, 0.1) is 18.5 Å². The van der Waals surface area contributed by atoms with Gasteiger partial charge in [0.2, 0.25) is 0 Å². The molecule has 216 valence electrons. The zero-order chi connectivity index (χ0) is 30.2. The van der Waals surface area contributed by atoms with Crippen molar-refractivity contribution in [2.24, 2.45) is 0 Å². The molecule has 0 fully saturated rings. The van der Waals surface area contributed by atoms with E-state index in [4.69, 9.17) is 21.7 Å². The van der Waals surface area contributed by atoms with Gasteiger partial charge in [0.1, 0.15) is 10.4 Å². The topological polar surface area (TPSA) is 130 Å². The number of anilines is 1. The summed E-state index contributed by atoms with van der Waals surface area (Å²) in [7, 11) is 0. The first-order valence-electron chi connectivity index (χ1n) is 13.4. The third-order valence-corrected chi connectivity index (χ3v) is 8.36. The van der Waals surface area contributed by atoms with E-state index in [2.05, 4.69) is 77.7 Å². The Balaban J connectivity index is 1.32. The molecule has 3 N–H and O–H groups in total. The summed E-state index contributed by atoms with van der Waals surface area (Å²) in [5.41, 5.74) is 7.36. The highest BCUT2D eigenvalue weighted by molar-refractivity contribution is 7.71. The fraction of sp³-hybridized carbons (Fsp3) is 0.156. The number of aryl methyl sites for hydroxylation is 2. The van der Waals surface area contributed by atoms with E-state index in [9.17, 15) is 14.4 Å². The third-order valence-electron chi connectivity index (χ3n) is 7.21. The number of hydrogen-bond donors (Lipinski definition) is 3. The van der Waals surface area contributed by atoms with Gasteiger partial charge in [-0.15, -0.1) is 11.3 Å².